The Balaban J connectivity index is 1.74. The molecule has 8 nitrogen and oxygen atoms in total. The highest BCUT2D eigenvalue weighted by atomic mass is 16.5. The van der Waals surface area contributed by atoms with Gasteiger partial charge in [0.2, 0.25) is 0 Å². The molecule has 0 saturated carbocycles. The molecule has 0 saturated heterocycles. The minimum atomic E-state index is -0.478. The Morgan fingerprint density at radius 1 is 1.12 bits per heavy atom. The maximum absolute atomic E-state index is 12.4. The first kappa shape index (κ1) is 17.2. The number of nitrogens with one attached hydrogen (secondary N) is 2. The van der Waals surface area contributed by atoms with Crippen LogP contribution in [-0.4, -0.2) is 29.1 Å². The molecule has 26 heavy (non-hydrogen) atoms. The zero-order valence-corrected chi connectivity index (χ0v) is 14.1. The second-order valence-corrected chi connectivity index (χ2v) is 5.40. The van der Waals surface area contributed by atoms with Crippen LogP contribution in [0.15, 0.2) is 53.2 Å². The number of aromatic nitrogens is 2. The molecule has 132 valence electrons. The third kappa shape index (κ3) is 4.04. The number of esters is 1. The van der Waals surface area contributed by atoms with Crippen molar-refractivity contribution in [1.29, 1.82) is 0 Å². The van der Waals surface area contributed by atoms with Gasteiger partial charge in [-0.25, -0.2) is 4.79 Å². The van der Waals surface area contributed by atoms with E-state index >= 15 is 0 Å². The van der Waals surface area contributed by atoms with Crippen molar-refractivity contribution >= 4 is 29.1 Å². The smallest absolute Gasteiger partial charge is 0.337 e. The molecule has 8 heteroatoms. The number of benzene rings is 1. The lowest BCUT2D eigenvalue weighted by molar-refractivity contribution is 0.0600. The van der Waals surface area contributed by atoms with Gasteiger partial charge in [0.1, 0.15) is 11.5 Å². The summed E-state index contributed by atoms with van der Waals surface area (Å²) in [5, 5.41) is 9.57. The fourth-order valence-corrected chi connectivity index (χ4v) is 2.24. The van der Waals surface area contributed by atoms with Crippen LogP contribution in [0.2, 0.25) is 0 Å². The Morgan fingerprint density at radius 3 is 2.69 bits per heavy atom. The molecule has 1 aromatic carbocycles. The molecule has 2 heterocycles. The van der Waals surface area contributed by atoms with E-state index in [1.54, 1.807) is 43.3 Å². The van der Waals surface area contributed by atoms with Crippen molar-refractivity contribution in [3.05, 3.63) is 65.7 Å². The summed E-state index contributed by atoms with van der Waals surface area (Å²) < 4.78 is 9.66. The predicted octanol–water partition coefficient (Wildman–Crippen LogP) is 3.16. The second-order valence-electron chi connectivity index (χ2n) is 5.40. The molecule has 0 radical (unpaired) electrons. The molecule has 0 spiro atoms. The van der Waals surface area contributed by atoms with Crippen LogP contribution < -0.4 is 10.6 Å². The zero-order valence-electron chi connectivity index (χ0n) is 14.1. The van der Waals surface area contributed by atoms with Crippen molar-refractivity contribution in [2.45, 2.75) is 6.92 Å². The normalized spacial score (nSPS) is 10.2. The van der Waals surface area contributed by atoms with Gasteiger partial charge in [0.25, 0.3) is 5.91 Å². The highest BCUT2D eigenvalue weighted by Gasteiger charge is 2.11. The number of rotatable bonds is 5. The number of hydrogen-bond acceptors (Lipinski definition) is 7. The average Bonchev–Trinajstić information content (AvgIpc) is 3.06. The summed E-state index contributed by atoms with van der Waals surface area (Å²) >= 11 is 0. The van der Waals surface area contributed by atoms with Gasteiger partial charge in [-0.05, 0) is 37.3 Å². The average molecular weight is 352 g/mol. The number of ether oxygens (including phenoxy) is 1. The fraction of sp³-hybridized carbons (Fsp3) is 0.111. The molecule has 0 bridgehead atoms. The van der Waals surface area contributed by atoms with E-state index in [1.807, 2.05) is 0 Å². The molecule has 0 aliphatic carbocycles. The van der Waals surface area contributed by atoms with Crippen molar-refractivity contribution in [2.75, 3.05) is 17.7 Å². The summed E-state index contributed by atoms with van der Waals surface area (Å²) in [5.74, 6) is 0.316. The Morgan fingerprint density at radius 2 is 1.96 bits per heavy atom. The van der Waals surface area contributed by atoms with Crippen LogP contribution in [0.4, 0.5) is 17.2 Å². The van der Waals surface area contributed by atoms with Gasteiger partial charge in [0.15, 0.2) is 5.82 Å². The number of anilines is 3. The summed E-state index contributed by atoms with van der Waals surface area (Å²) in [6.45, 7) is 1.78. The lowest BCUT2D eigenvalue weighted by Crippen LogP contribution is -2.14. The van der Waals surface area contributed by atoms with E-state index in [4.69, 9.17) is 4.52 Å². The number of aryl methyl sites for hydroxylation is 1. The summed E-state index contributed by atoms with van der Waals surface area (Å²) in [7, 11) is 1.30. The molecule has 2 aromatic heterocycles. The third-order valence-electron chi connectivity index (χ3n) is 3.43. The summed E-state index contributed by atoms with van der Waals surface area (Å²) in [4.78, 5) is 28.1. The molecule has 1 amide bonds. The van der Waals surface area contributed by atoms with Crippen molar-refractivity contribution < 1.29 is 18.8 Å². The quantitative estimate of drug-likeness (QED) is 0.679. The molecule has 3 rings (SSSR count). The maximum Gasteiger partial charge on any atom is 0.337 e. The minimum absolute atomic E-state index is 0.207. The fourth-order valence-electron chi connectivity index (χ4n) is 2.24. The van der Waals surface area contributed by atoms with Crippen molar-refractivity contribution in [2.24, 2.45) is 0 Å². The number of nitrogens with zero attached hydrogens (tertiary/aromatic N) is 2. The summed E-state index contributed by atoms with van der Waals surface area (Å²) in [6, 6.07) is 11.5. The van der Waals surface area contributed by atoms with Gasteiger partial charge in [-0.15, -0.1) is 0 Å². The SMILES string of the molecule is COC(=O)c1cccc(NC(=O)c2cc(Nc3cc(C)on3)ccn2)c1. The van der Waals surface area contributed by atoms with Crippen LogP contribution in [-0.2, 0) is 4.74 Å². The molecule has 0 aliphatic heterocycles. The lowest BCUT2D eigenvalue weighted by Gasteiger charge is -2.08. The minimum Gasteiger partial charge on any atom is -0.465 e. The van der Waals surface area contributed by atoms with Crippen LogP contribution >= 0.6 is 0 Å². The zero-order chi connectivity index (χ0) is 18.5. The van der Waals surface area contributed by atoms with Crippen LogP contribution in [0.25, 0.3) is 0 Å². The molecule has 0 atom stereocenters. The highest BCUT2D eigenvalue weighted by molar-refractivity contribution is 6.04. The van der Waals surface area contributed by atoms with Gasteiger partial charge in [0, 0.05) is 23.6 Å². The van der Waals surface area contributed by atoms with Gasteiger partial charge in [-0.2, -0.15) is 0 Å². The first-order valence-electron chi connectivity index (χ1n) is 7.71. The van der Waals surface area contributed by atoms with Crippen LogP contribution in [0.1, 0.15) is 26.6 Å². The molecule has 0 unspecified atom stereocenters. The van der Waals surface area contributed by atoms with E-state index in [9.17, 15) is 9.59 Å². The van der Waals surface area contributed by atoms with Crippen LogP contribution in [0, 0.1) is 6.92 Å². The van der Waals surface area contributed by atoms with Gasteiger partial charge in [0.05, 0.1) is 12.7 Å². The van der Waals surface area contributed by atoms with Crippen molar-refractivity contribution in [3.63, 3.8) is 0 Å². The third-order valence-corrected chi connectivity index (χ3v) is 3.43. The van der Waals surface area contributed by atoms with E-state index in [1.165, 1.54) is 19.4 Å². The molecule has 3 aromatic rings. The Labute approximate surface area is 149 Å². The Hall–Kier alpha value is -3.68. The maximum atomic E-state index is 12.4. The Kier molecular flexibility index (Phi) is 4.93. The molecule has 0 fully saturated rings. The molecular formula is C18H16N4O4. The lowest BCUT2D eigenvalue weighted by atomic mass is 10.2. The number of carbonyl (C=O) groups excluding carboxylic acids is 2. The summed E-state index contributed by atoms with van der Waals surface area (Å²) in [5.41, 5.74) is 1.65. The topological polar surface area (TPSA) is 106 Å². The highest BCUT2D eigenvalue weighted by Crippen LogP contribution is 2.18. The number of methoxy groups -OCH3 is 1. The molecule has 2 N–H and O–H groups in total. The van der Waals surface area contributed by atoms with Crippen LogP contribution in [0.3, 0.4) is 0 Å². The second kappa shape index (κ2) is 7.47. The van der Waals surface area contributed by atoms with Crippen molar-refractivity contribution in [3.8, 4) is 0 Å². The Bertz CT molecular complexity index is 952. The molecular weight excluding hydrogens is 336 g/mol. The van der Waals surface area contributed by atoms with E-state index in [2.05, 4.69) is 25.5 Å². The van der Waals surface area contributed by atoms with E-state index < -0.39 is 11.9 Å². The number of pyridine rings is 1. The van der Waals surface area contributed by atoms with E-state index in [-0.39, 0.29) is 5.69 Å². The first-order chi connectivity index (χ1) is 12.5. The monoisotopic (exact) mass is 352 g/mol. The van der Waals surface area contributed by atoms with Crippen molar-refractivity contribution in [1.82, 2.24) is 10.1 Å². The van der Waals surface area contributed by atoms with Gasteiger partial charge < -0.3 is 19.9 Å². The molecule has 0 aliphatic rings. The first-order valence-corrected chi connectivity index (χ1v) is 7.71. The number of carbonyl (C=O) groups is 2. The van der Waals surface area contributed by atoms with Crippen LogP contribution in [0.5, 0.6) is 0 Å². The number of amides is 1. The predicted molar refractivity (Wildman–Crippen MR) is 94.5 cm³/mol. The number of hydrogen-bond donors (Lipinski definition) is 2. The van der Waals surface area contributed by atoms with Gasteiger partial charge >= 0.3 is 5.97 Å². The van der Waals surface area contributed by atoms with Gasteiger partial charge in [-0.1, -0.05) is 11.2 Å². The van der Waals surface area contributed by atoms with E-state index in [0.717, 1.165) is 0 Å². The van der Waals surface area contributed by atoms with E-state index in [0.29, 0.717) is 28.5 Å². The summed E-state index contributed by atoms with van der Waals surface area (Å²) in [6.07, 6.45) is 1.51. The van der Waals surface area contributed by atoms with Gasteiger partial charge in [-0.3, -0.25) is 9.78 Å². The standard InChI is InChI=1S/C18H16N4O4/c1-11-8-16(22-26-11)20-14-6-7-19-15(10-14)17(23)21-13-5-3-4-12(9-13)18(24)25-2/h3-10H,1-2H3,(H,21,23)(H,19,20,22). The largest absolute Gasteiger partial charge is 0.465 e.